The molecule has 0 atom stereocenters. The number of aromatic nitrogens is 1. The number of hydrogen-bond acceptors (Lipinski definition) is 2. The molecule has 0 amide bonds. The van der Waals surface area contributed by atoms with E-state index in [1.807, 2.05) is 18.3 Å². The van der Waals surface area contributed by atoms with Gasteiger partial charge in [0.1, 0.15) is 18.1 Å². The van der Waals surface area contributed by atoms with Gasteiger partial charge in [-0.25, -0.2) is 0 Å². The predicted octanol–water partition coefficient (Wildman–Crippen LogP) is 2.30. The molecule has 1 aromatic carbocycles. The fourth-order valence-electron chi connectivity index (χ4n) is 1.16. The van der Waals surface area contributed by atoms with Gasteiger partial charge in [-0.2, -0.15) is 0 Å². The molecule has 0 saturated carbocycles. The molecule has 0 radical (unpaired) electrons. The molecule has 14 heavy (non-hydrogen) atoms. The highest BCUT2D eigenvalue weighted by Gasteiger charge is 1.95. The fourth-order valence-corrected chi connectivity index (χ4v) is 1.16. The maximum atomic E-state index is 9.05. The number of benzene rings is 1. The second-order valence-electron chi connectivity index (χ2n) is 2.98. The maximum absolute atomic E-state index is 9.05. The van der Waals surface area contributed by atoms with E-state index in [0.717, 1.165) is 11.4 Å². The van der Waals surface area contributed by atoms with Crippen molar-refractivity contribution in [1.29, 1.82) is 0 Å². The lowest BCUT2D eigenvalue weighted by molar-refractivity contribution is 0.301. The van der Waals surface area contributed by atoms with E-state index in [1.165, 1.54) is 0 Å². The SMILES string of the molecule is Oc1ccc(OCc2ccc[nH]2)cc1. The normalized spacial score (nSPS) is 10.0. The van der Waals surface area contributed by atoms with Gasteiger partial charge >= 0.3 is 0 Å². The molecule has 2 aromatic rings. The van der Waals surface area contributed by atoms with Crippen molar-refractivity contribution < 1.29 is 9.84 Å². The van der Waals surface area contributed by atoms with E-state index in [1.54, 1.807) is 24.3 Å². The zero-order valence-electron chi connectivity index (χ0n) is 7.60. The van der Waals surface area contributed by atoms with Crippen LogP contribution in [0.4, 0.5) is 0 Å². The highest BCUT2D eigenvalue weighted by molar-refractivity contribution is 5.30. The first-order valence-electron chi connectivity index (χ1n) is 4.39. The van der Waals surface area contributed by atoms with Gasteiger partial charge in [-0.3, -0.25) is 0 Å². The summed E-state index contributed by atoms with van der Waals surface area (Å²) in [5.41, 5.74) is 1.03. The lowest BCUT2D eigenvalue weighted by Gasteiger charge is -2.04. The van der Waals surface area contributed by atoms with Gasteiger partial charge in [-0.1, -0.05) is 0 Å². The molecule has 0 fully saturated rings. The Morgan fingerprint density at radius 1 is 1.14 bits per heavy atom. The molecule has 0 aliphatic rings. The smallest absolute Gasteiger partial charge is 0.128 e. The van der Waals surface area contributed by atoms with Crippen LogP contribution in [0.3, 0.4) is 0 Å². The van der Waals surface area contributed by atoms with Crippen LogP contribution >= 0.6 is 0 Å². The molecule has 0 unspecified atom stereocenters. The van der Waals surface area contributed by atoms with Crippen LogP contribution in [0.15, 0.2) is 42.6 Å². The number of aromatic amines is 1. The molecule has 0 saturated heterocycles. The van der Waals surface area contributed by atoms with E-state index in [-0.39, 0.29) is 5.75 Å². The van der Waals surface area contributed by atoms with E-state index >= 15 is 0 Å². The first-order chi connectivity index (χ1) is 6.84. The molecule has 2 N–H and O–H groups in total. The van der Waals surface area contributed by atoms with Gasteiger partial charge < -0.3 is 14.8 Å². The van der Waals surface area contributed by atoms with Crippen molar-refractivity contribution in [3.05, 3.63) is 48.3 Å². The average Bonchev–Trinajstić information content (AvgIpc) is 2.70. The zero-order valence-corrected chi connectivity index (χ0v) is 7.60. The summed E-state index contributed by atoms with van der Waals surface area (Å²) in [6.07, 6.45) is 1.86. The Morgan fingerprint density at radius 3 is 2.57 bits per heavy atom. The largest absolute Gasteiger partial charge is 0.508 e. The van der Waals surface area contributed by atoms with Crippen molar-refractivity contribution in [2.24, 2.45) is 0 Å². The van der Waals surface area contributed by atoms with Crippen molar-refractivity contribution in [1.82, 2.24) is 4.98 Å². The summed E-state index contributed by atoms with van der Waals surface area (Å²) >= 11 is 0. The van der Waals surface area contributed by atoms with Gasteiger partial charge in [0.25, 0.3) is 0 Å². The van der Waals surface area contributed by atoms with Crippen LogP contribution in [-0.4, -0.2) is 10.1 Å². The van der Waals surface area contributed by atoms with E-state index in [9.17, 15) is 0 Å². The van der Waals surface area contributed by atoms with Crippen LogP contribution in [0.25, 0.3) is 0 Å². The Kier molecular flexibility index (Phi) is 2.40. The molecular formula is C11H11NO2. The van der Waals surface area contributed by atoms with E-state index in [4.69, 9.17) is 9.84 Å². The molecule has 1 heterocycles. The summed E-state index contributed by atoms with van der Waals surface area (Å²) in [7, 11) is 0. The first-order valence-corrected chi connectivity index (χ1v) is 4.39. The number of phenols is 1. The van der Waals surface area contributed by atoms with Gasteiger partial charge in [0.05, 0.1) is 5.69 Å². The van der Waals surface area contributed by atoms with Crippen LogP contribution in [0.1, 0.15) is 5.69 Å². The molecule has 2 rings (SSSR count). The van der Waals surface area contributed by atoms with Gasteiger partial charge in [0.15, 0.2) is 0 Å². The van der Waals surface area contributed by atoms with Crippen LogP contribution in [0.5, 0.6) is 11.5 Å². The molecule has 0 bridgehead atoms. The minimum absolute atomic E-state index is 0.247. The number of ether oxygens (including phenoxy) is 1. The zero-order chi connectivity index (χ0) is 9.80. The highest BCUT2D eigenvalue weighted by Crippen LogP contribution is 2.16. The number of rotatable bonds is 3. The van der Waals surface area contributed by atoms with Crippen molar-refractivity contribution >= 4 is 0 Å². The molecule has 0 aliphatic heterocycles. The lowest BCUT2D eigenvalue weighted by atomic mass is 10.3. The predicted molar refractivity (Wildman–Crippen MR) is 53.2 cm³/mol. The van der Waals surface area contributed by atoms with Crippen LogP contribution < -0.4 is 4.74 Å². The molecule has 0 spiro atoms. The van der Waals surface area contributed by atoms with Gasteiger partial charge in [-0.15, -0.1) is 0 Å². The monoisotopic (exact) mass is 189 g/mol. The second-order valence-corrected chi connectivity index (χ2v) is 2.98. The quantitative estimate of drug-likeness (QED) is 0.778. The number of nitrogens with one attached hydrogen (secondary N) is 1. The summed E-state index contributed by atoms with van der Waals surface area (Å²) in [6.45, 7) is 0.512. The van der Waals surface area contributed by atoms with E-state index in [0.29, 0.717) is 6.61 Å². The van der Waals surface area contributed by atoms with Gasteiger partial charge in [0, 0.05) is 6.20 Å². The topological polar surface area (TPSA) is 45.2 Å². The summed E-state index contributed by atoms with van der Waals surface area (Å²) in [5, 5.41) is 9.05. The second kappa shape index (κ2) is 3.87. The molecule has 3 nitrogen and oxygen atoms in total. The first kappa shape index (κ1) is 8.69. The Labute approximate surface area is 82.0 Å². The summed E-state index contributed by atoms with van der Waals surface area (Å²) in [6, 6.07) is 10.6. The van der Waals surface area contributed by atoms with Crippen LogP contribution in [0.2, 0.25) is 0 Å². The fraction of sp³-hybridized carbons (Fsp3) is 0.0909. The number of hydrogen-bond donors (Lipinski definition) is 2. The summed E-state index contributed by atoms with van der Waals surface area (Å²) < 4.78 is 5.46. The van der Waals surface area contributed by atoms with Gasteiger partial charge in [0.2, 0.25) is 0 Å². The van der Waals surface area contributed by atoms with Crippen LogP contribution in [0, 0.1) is 0 Å². The third-order valence-electron chi connectivity index (χ3n) is 1.89. The Balaban J connectivity index is 1.95. The third-order valence-corrected chi connectivity index (χ3v) is 1.89. The van der Waals surface area contributed by atoms with Crippen LogP contribution in [-0.2, 0) is 6.61 Å². The minimum atomic E-state index is 0.247. The number of phenolic OH excluding ortho intramolecular Hbond substituents is 1. The Morgan fingerprint density at radius 2 is 1.93 bits per heavy atom. The van der Waals surface area contributed by atoms with Crippen molar-refractivity contribution in [2.75, 3.05) is 0 Å². The molecule has 1 aromatic heterocycles. The number of H-pyrrole nitrogens is 1. The molecule has 3 heteroatoms. The van der Waals surface area contributed by atoms with E-state index in [2.05, 4.69) is 4.98 Å². The maximum Gasteiger partial charge on any atom is 0.128 e. The highest BCUT2D eigenvalue weighted by atomic mass is 16.5. The standard InChI is InChI=1S/C11H11NO2/c13-10-3-5-11(6-4-10)14-8-9-2-1-7-12-9/h1-7,12-13H,8H2. The summed E-state index contributed by atoms with van der Waals surface area (Å²) in [4.78, 5) is 3.04. The van der Waals surface area contributed by atoms with Gasteiger partial charge in [-0.05, 0) is 36.4 Å². The minimum Gasteiger partial charge on any atom is -0.508 e. The average molecular weight is 189 g/mol. The molecular weight excluding hydrogens is 178 g/mol. The lowest BCUT2D eigenvalue weighted by Crippen LogP contribution is -1.94. The molecule has 0 aliphatic carbocycles. The van der Waals surface area contributed by atoms with Crippen molar-refractivity contribution in [2.45, 2.75) is 6.61 Å². The van der Waals surface area contributed by atoms with Crippen molar-refractivity contribution in [3.8, 4) is 11.5 Å². The Bertz CT molecular complexity index is 378. The van der Waals surface area contributed by atoms with Crippen molar-refractivity contribution in [3.63, 3.8) is 0 Å². The third kappa shape index (κ3) is 2.07. The number of aromatic hydroxyl groups is 1. The Hall–Kier alpha value is -1.90. The molecule has 72 valence electrons. The summed E-state index contributed by atoms with van der Waals surface area (Å²) in [5.74, 6) is 0.995. The van der Waals surface area contributed by atoms with E-state index < -0.39 is 0 Å².